The molecule has 1 aromatic rings. The molecule has 2 rings (SSSR count). The molecule has 0 saturated carbocycles. The molecule has 0 bridgehead atoms. The highest BCUT2D eigenvalue weighted by Gasteiger charge is 2.40. The third-order valence-electron chi connectivity index (χ3n) is 3.66. The summed E-state index contributed by atoms with van der Waals surface area (Å²) in [6.45, 7) is 0.274. The zero-order chi connectivity index (χ0) is 17.2. The van der Waals surface area contributed by atoms with Crippen LogP contribution < -0.4 is 5.32 Å². The highest BCUT2D eigenvalue weighted by molar-refractivity contribution is 9.10. The van der Waals surface area contributed by atoms with Gasteiger partial charge >= 0.3 is 6.18 Å². The Kier molecular flexibility index (Phi) is 5.33. The monoisotopic (exact) mass is 392 g/mol. The Bertz CT molecular complexity index is 607. The average molecular weight is 393 g/mol. The second-order valence-corrected chi connectivity index (χ2v) is 6.49. The predicted octanol–water partition coefficient (Wildman–Crippen LogP) is 3.04. The van der Waals surface area contributed by atoms with Crippen LogP contribution in [-0.4, -0.2) is 36.0 Å². The van der Waals surface area contributed by atoms with Gasteiger partial charge in [-0.25, -0.2) is 0 Å². The van der Waals surface area contributed by atoms with Crippen molar-refractivity contribution in [2.24, 2.45) is 5.92 Å². The van der Waals surface area contributed by atoms with Gasteiger partial charge in [0.15, 0.2) is 0 Å². The van der Waals surface area contributed by atoms with Crippen LogP contribution in [0.4, 0.5) is 13.2 Å². The molecule has 1 heterocycles. The van der Waals surface area contributed by atoms with Gasteiger partial charge in [0.1, 0.15) is 6.54 Å². The lowest BCUT2D eigenvalue weighted by atomic mass is 10.1. The van der Waals surface area contributed by atoms with Gasteiger partial charge in [0, 0.05) is 17.4 Å². The van der Waals surface area contributed by atoms with Crippen LogP contribution in [0.3, 0.4) is 0 Å². The molecule has 2 unspecified atom stereocenters. The van der Waals surface area contributed by atoms with Gasteiger partial charge in [-0.1, -0.05) is 28.1 Å². The van der Waals surface area contributed by atoms with Crippen LogP contribution in [0.2, 0.25) is 0 Å². The molecule has 1 aliphatic rings. The molecule has 8 heteroatoms. The van der Waals surface area contributed by atoms with E-state index in [0.717, 1.165) is 10.0 Å². The number of nitrogens with zero attached hydrogens (tertiary/aromatic N) is 1. The first-order valence-electron chi connectivity index (χ1n) is 7.06. The van der Waals surface area contributed by atoms with Gasteiger partial charge in [-0.05, 0) is 24.6 Å². The van der Waals surface area contributed by atoms with Gasteiger partial charge in [-0.2, -0.15) is 13.2 Å². The van der Waals surface area contributed by atoms with Crippen LogP contribution in [0.25, 0.3) is 0 Å². The van der Waals surface area contributed by atoms with Crippen molar-refractivity contribution >= 4 is 27.7 Å². The molecule has 2 amide bonds. The van der Waals surface area contributed by atoms with Gasteiger partial charge in [0.05, 0.1) is 12.0 Å². The molecule has 23 heavy (non-hydrogen) atoms. The number of hydrogen-bond acceptors (Lipinski definition) is 2. The van der Waals surface area contributed by atoms with Crippen molar-refractivity contribution in [1.82, 2.24) is 10.2 Å². The highest BCUT2D eigenvalue weighted by Crippen LogP contribution is 2.25. The van der Waals surface area contributed by atoms with Crippen molar-refractivity contribution in [1.29, 1.82) is 0 Å². The Labute approximate surface area is 140 Å². The van der Waals surface area contributed by atoms with Gasteiger partial charge in [0.2, 0.25) is 11.8 Å². The number of amides is 2. The Balaban J connectivity index is 1.95. The summed E-state index contributed by atoms with van der Waals surface area (Å²) >= 11 is 3.34. The topological polar surface area (TPSA) is 49.4 Å². The fourth-order valence-electron chi connectivity index (χ4n) is 2.51. The zero-order valence-corrected chi connectivity index (χ0v) is 13.9. The summed E-state index contributed by atoms with van der Waals surface area (Å²) in [6, 6.07) is 7.06. The fourth-order valence-corrected chi connectivity index (χ4v) is 2.92. The first-order chi connectivity index (χ1) is 10.7. The second kappa shape index (κ2) is 6.90. The maximum Gasteiger partial charge on any atom is 0.406 e. The maximum absolute atomic E-state index is 12.4. The van der Waals surface area contributed by atoms with Crippen LogP contribution in [0.1, 0.15) is 24.9 Å². The summed E-state index contributed by atoms with van der Waals surface area (Å²) < 4.78 is 38.0. The lowest BCUT2D eigenvalue weighted by molar-refractivity contribution is -0.157. The minimum absolute atomic E-state index is 0.187. The number of hydrogen-bond donors (Lipinski definition) is 1. The van der Waals surface area contributed by atoms with E-state index in [2.05, 4.69) is 21.2 Å². The molecule has 1 aromatic carbocycles. The number of carbonyl (C=O) groups excluding carboxylic acids is 2. The summed E-state index contributed by atoms with van der Waals surface area (Å²) in [5.41, 5.74) is 0.865. The number of halogens is 4. The van der Waals surface area contributed by atoms with Crippen molar-refractivity contribution in [3.05, 3.63) is 34.3 Å². The molecule has 1 aliphatic heterocycles. The van der Waals surface area contributed by atoms with E-state index in [0.29, 0.717) is 4.90 Å². The summed E-state index contributed by atoms with van der Waals surface area (Å²) in [5, 5.41) is 2.75. The van der Waals surface area contributed by atoms with Gasteiger partial charge in [-0.3, -0.25) is 9.59 Å². The fraction of sp³-hybridized carbons (Fsp3) is 0.467. The first kappa shape index (κ1) is 17.8. The molecule has 4 nitrogen and oxygen atoms in total. The molecule has 2 atom stereocenters. The number of nitrogens with one attached hydrogen (secondary N) is 1. The number of alkyl halides is 3. The molecule has 0 spiro atoms. The lowest BCUT2D eigenvalue weighted by Gasteiger charge is -2.19. The van der Waals surface area contributed by atoms with Crippen molar-refractivity contribution in [3.63, 3.8) is 0 Å². The second-order valence-electron chi connectivity index (χ2n) is 5.58. The van der Waals surface area contributed by atoms with E-state index in [1.54, 1.807) is 6.92 Å². The number of rotatable bonds is 4. The zero-order valence-electron chi connectivity index (χ0n) is 12.4. The summed E-state index contributed by atoms with van der Waals surface area (Å²) in [5.74, 6) is -1.80. The molecular weight excluding hydrogens is 377 g/mol. The Hall–Kier alpha value is -1.57. The summed E-state index contributed by atoms with van der Waals surface area (Å²) in [7, 11) is 0. The molecule has 0 aliphatic carbocycles. The van der Waals surface area contributed by atoms with Crippen LogP contribution >= 0.6 is 15.9 Å². The first-order valence-corrected chi connectivity index (χ1v) is 7.85. The van der Waals surface area contributed by atoms with Gasteiger partial charge < -0.3 is 10.2 Å². The Morgan fingerprint density at radius 1 is 1.48 bits per heavy atom. The molecule has 1 saturated heterocycles. The van der Waals surface area contributed by atoms with Crippen LogP contribution in [0.5, 0.6) is 0 Å². The van der Waals surface area contributed by atoms with Gasteiger partial charge in [-0.15, -0.1) is 0 Å². The Morgan fingerprint density at radius 3 is 2.78 bits per heavy atom. The molecule has 1 N–H and O–H groups in total. The number of benzene rings is 1. The van der Waals surface area contributed by atoms with E-state index in [-0.39, 0.29) is 19.0 Å². The normalized spacial score (nSPS) is 19.8. The van der Waals surface area contributed by atoms with E-state index >= 15 is 0 Å². The van der Waals surface area contributed by atoms with E-state index in [9.17, 15) is 22.8 Å². The molecular formula is C15H16BrF3N2O2. The minimum atomic E-state index is -4.45. The van der Waals surface area contributed by atoms with Crippen LogP contribution in [-0.2, 0) is 9.59 Å². The summed E-state index contributed by atoms with van der Waals surface area (Å²) in [4.78, 5) is 24.5. The highest BCUT2D eigenvalue weighted by atomic mass is 79.9. The predicted molar refractivity (Wildman–Crippen MR) is 81.4 cm³/mol. The SMILES string of the molecule is CC(NC(=O)C1CC(=O)N(CC(F)(F)F)C1)c1cccc(Br)c1. The van der Waals surface area contributed by atoms with Crippen molar-refractivity contribution in [3.8, 4) is 0 Å². The Morgan fingerprint density at radius 2 is 2.17 bits per heavy atom. The standard InChI is InChI=1S/C15H16BrF3N2O2/c1-9(10-3-2-4-12(16)5-10)20-14(23)11-6-13(22)21(7-11)8-15(17,18)19/h2-5,9,11H,6-8H2,1H3,(H,20,23). The molecule has 0 radical (unpaired) electrons. The van der Waals surface area contributed by atoms with Crippen molar-refractivity contribution in [2.45, 2.75) is 25.6 Å². The third kappa shape index (κ3) is 4.95. The number of likely N-dealkylation sites (tertiary alicyclic amines) is 1. The van der Waals surface area contributed by atoms with E-state index in [1.807, 2.05) is 24.3 Å². The van der Waals surface area contributed by atoms with Crippen molar-refractivity contribution < 1.29 is 22.8 Å². The third-order valence-corrected chi connectivity index (χ3v) is 4.16. The lowest BCUT2D eigenvalue weighted by Crippen LogP contribution is -2.37. The number of carbonyl (C=O) groups is 2. The maximum atomic E-state index is 12.4. The summed E-state index contributed by atoms with van der Waals surface area (Å²) in [6.07, 6.45) is -4.64. The van der Waals surface area contributed by atoms with Crippen molar-refractivity contribution in [2.75, 3.05) is 13.1 Å². The van der Waals surface area contributed by atoms with Crippen LogP contribution in [0, 0.1) is 5.92 Å². The smallest absolute Gasteiger partial charge is 0.349 e. The molecule has 0 aromatic heterocycles. The van der Waals surface area contributed by atoms with Crippen LogP contribution in [0.15, 0.2) is 28.7 Å². The van der Waals surface area contributed by atoms with E-state index < -0.39 is 30.5 Å². The van der Waals surface area contributed by atoms with E-state index in [4.69, 9.17) is 0 Å². The molecule has 1 fully saturated rings. The largest absolute Gasteiger partial charge is 0.406 e. The quantitative estimate of drug-likeness (QED) is 0.855. The van der Waals surface area contributed by atoms with Gasteiger partial charge in [0.25, 0.3) is 0 Å². The minimum Gasteiger partial charge on any atom is -0.349 e. The van der Waals surface area contributed by atoms with E-state index in [1.165, 1.54) is 0 Å². The molecule has 126 valence electrons. The average Bonchev–Trinajstić information content (AvgIpc) is 2.78.